The average molecular weight is 636 g/mol. The van der Waals surface area contributed by atoms with Crippen LogP contribution in [0.1, 0.15) is 72.6 Å². The highest BCUT2D eigenvalue weighted by atomic mass is 16.5. The largest absolute Gasteiger partial charge is 0.489 e. The van der Waals surface area contributed by atoms with Crippen molar-refractivity contribution in [1.82, 2.24) is 15.0 Å². The fourth-order valence-corrected chi connectivity index (χ4v) is 8.84. The molecular weight excluding hydrogens is 599 g/mol. The molecule has 1 fully saturated rings. The number of hydrogen-bond donors (Lipinski definition) is 0. The first-order valence-electron chi connectivity index (χ1n) is 17.8. The van der Waals surface area contributed by atoms with E-state index in [1.165, 1.54) is 38.2 Å². The Bertz CT molecular complexity index is 2350. The second-order valence-electron chi connectivity index (χ2n) is 14.2. The summed E-state index contributed by atoms with van der Waals surface area (Å²) < 4.78 is 6.77. The van der Waals surface area contributed by atoms with E-state index >= 15 is 0 Å². The maximum atomic E-state index is 6.77. The summed E-state index contributed by atoms with van der Waals surface area (Å²) in [7, 11) is 0. The van der Waals surface area contributed by atoms with E-state index in [9.17, 15) is 0 Å². The fourth-order valence-electron chi connectivity index (χ4n) is 8.84. The second-order valence-corrected chi connectivity index (χ2v) is 14.2. The lowest BCUT2D eigenvalue weighted by atomic mass is 9.68. The molecule has 10 rings (SSSR count). The quantitative estimate of drug-likeness (QED) is 0.181. The molecule has 1 aromatic heterocycles. The van der Waals surface area contributed by atoms with E-state index in [4.69, 9.17) is 19.7 Å². The highest BCUT2D eigenvalue weighted by molar-refractivity contribution is 5.86. The molecule has 2 heterocycles. The zero-order chi connectivity index (χ0) is 32.3. The predicted molar refractivity (Wildman–Crippen MR) is 198 cm³/mol. The van der Waals surface area contributed by atoms with E-state index in [0.717, 1.165) is 66.5 Å². The third-order valence-electron chi connectivity index (χ3n) is 11.3. The summed E-state index contributed by atoms with van der Waals surface area (Å²) in [5.41, 5.74) is 6.27. The Labute approximate surface area is 286 Å². The normalized spacial score (nSPS) is 24.0. The number of nitrogens with zero attached hydrogens (tertiary/aromatic N) is 3. The lowest BCUT2D eigenvalue weighted by Gasteiger charge is -2.37. The molecule has 5 atom stereocenters. The minimum absolute atomic E-state index is 0.0581. The number of benzene rings is 5. The molecule has 49 heavy (non-hydrogen) atoms. The Balaban J connectivity index is 1.13. The molecule has 0 saturated heterocycles. The topological polar surface area (TPSA) is 47.9 Å². The zero-order valence-electron chi connectivity index (χ0n) is 27.4. The lowest BCUT2D eigenvalue weighted by Crippen LogP contribution is -2.34. The molecule has 3 aliphatic carbocycles. The average Bonchev–Trinajstić information content (AvgIpc) is 3.55. The van der Waals surface area contributed by atoms with Crippen molar-refractivity contribution in [3.05, 3.63) is 162 Å². The molecule has 0 amide bonds. The molecule has 6 aromatic rings. The monoisotopic (exact) mass is 635 g/mol. The number of para-hydroxylation sites is 1. The van der Waals surface area contributed by atoms with Gasteiger partial charge in [-0.15, -0.1) is 0 Å². The van der Waals surface area contributed by atoms with Crippen molar-refractivity contribution in [3.63, 3.8) is 0 Å². The minimum Gasteiger partial charge on any atom is -0.489 e. The summed E-state index contributed by atoms with van der Waals surface area (Å²) in [6, 6.07) is 39.3. The summed E-state index contributed by atoms with van der Waals surface area (Å²) in [6.45, 7) is 0. The van der Waals surface area contributed by atoms with E-state index in [0.29, 0.717) is 11.8 Å². The van der Waals surface area contributed by atoms with Crippen molar-refractivity contribution >= 4 is 27.1 Å². The standard InChI is InChI=1S/C45H37N3O/c1-4-12-31-23-34(20-17-28(31)9-1)37-26-39(42-38-15-7-8-16-40(38)49-41(42)27-37)45-47-43(35-21-18-29-10-2-5-13-32(29)24-35)46-44(48-45)36-22-19-30-11-3-6-14-33(30)25-36/h1-5,7-13,15-18,20-25,30,37,39,41-42H,6,14,19,26-27H2. The van der Waals surface area contributed by atoms with Gasteiger partial charge in [0.25, 0.3) is 0 Å². The number of fused-ring (bicyclic) bond motifs is 6. The molecule has 1 saturated carbocycles. The van der Waals surface area contributed by atoms with Crippen LogP contribution in [0.2, 0.25) is 0 Å². The summed E-state index contributed by atoms with van der Waals surface area (Å²) in [4.78, 5) is 16.0. The third kappa shape index (κ3) is 5.09. The van der Waals surface area contributed by atoms with Gasteiger partial charge in [0, 0.05) is 34.5 Å². The molecule has 1 aliphatic heterocycles. The van der Waals surface area contributed by atoms with Gasteiger partial charge in [-0.2, -0.15) is 0 Å². The minimum atomic E-state index is 0.0581. The van der Waals surface area contributed by atoms with Crippen LogP contribution in [-0.4, -0.2) is 21.1 Å². The van der Waals surface area contributed by atoms with Crippen LogP contribution in [0.3, 0.4) is 0 Å². The molecule has 0 spiro atoms. The Morgan fingerprint density at radius 2 is 1.43 bits per heavy atom. The highest BCUT2D eigenvalue weighted by Crippen LogP contribution is 2.55. The van der Waals surface area contributed by atoms with Crippen molar-refractivity contribution in [3.8, 4) is 17.1 Å². The van der Waals surface area contributed by atoms with Crippen LogP contribution >= 0.6 is 0 Å². The summed E-state index contributed by atoms with van der Waals surface area (Å²) in [6.07, 6.45) is 14.6. The van der Waals surface area contributed by atoms with Gasteiger partial charge < -0.3 is 4.74 Å². The zero-order valence-corrected chi connectivity index (χ0v) is 27.4. The van der Waals surface area contributed by atoms with E-state index < -0.39 is 0 Å². The Hall–Kier alpha value is -5.35. The fraction of sp³-hybridized carbons (Fsp3) is 0.222. The number of aromatic nitrogens is 3. The number of ether oxygens (including phenoxy) is 1. The summed E-state index contributed by atoms with van der Waals surface area (Å²) >= 11 is 0. The smallest absolute Gasteiger partial charge is 0.163 e. The molecule has 5 aromatic carbocycles. The molecule has 238 valence electrons. The van der Waals surface area contributed by atoms with Gasteiger partial charge in [-0.1, -0.05) is 127 Å². The van der Waals surface area contributed by atoms with Crippen LogP contribution < -0.4 is 4.74 Å². The third-order valence-corrected chi connectivity index (χ3v) is 11.3. The molecular formula is C45H37N3O. The van der Waals surface area contributed by atoms with Crippen LogP contribution in [0.5, 0.6) is 5.75 Å². The maximum Gasteiger partial charge on any atom is 0.163 e. The summed E-state index contributed by atoms with van der Waals surface area (Å²) in [5.74, 6) is 4.47. The van der Waals surface area contributed by atoms with Crippen molar-refractivity contribution in [2.24, 2.45) is 5.92 Å². The van der Waals surface area contributed by atoms with Crippen LogP contribution in [0.15, 0.2) is 139 Å². The van der Waals surface area contributed by atoms with Gasteiger partial charge in [0.2, 0.25) is 0 Å². The van der Waals surface area contributed by atoms with Crippen LogP contribution in [-0.2, 0) is 0 Å². The van der Waals surface area contributed by atoms with Gasteiger partial charge in [0.1, 0.15) is 17.7 Å². The predicted octanol–water partition coefficient (Wildman–Crippen LogP) is 10.7. The number of hydrogen-bond acceptors (Lipinski definition) is 4. The van der Waals surface area contributed by atoms with Crippen molar-refractivity contribution in [2.75, 3.05) is 0 Å². The van der Waals surface area contributed by atoms with Crippen LogP contribution in [0.4, 0.5) is 0 Å². The molecule has 5 unspecified atom stereocenters. The van der Waals surface area contributed by atoms with Gasteiger partial charge in [-0.3, -0.25) is 0 Å². The van der Waals surface area contributed by atoms with Gasteiger partial charge in [-0.25, -0.2) is 15.0 Å². The molecule has 4 heteroatoms. The van der Waals surface area contributed by atoms with E-state index in [1.54, 1.807) is 0 Å². The Morgan fingerprint density at radius 3 is 2.31 bits per heavy atom. The highest BCUT2D eigenvalue weighted by Gasteiger charge is 2.47. The molecule has 0 N–H and O–H groups in total. The Morgan fingerprint density at radius 1 is 0.673 bits per heavy atom. The first-order chi connectivity index (χ1) is 24.2. The van der Waals surface area contributed by atoms with E-state index in [2.05, 4.69) is 133 Å². The first-order valence-corrected chi connectivity index (χ1v) is 17.8. The molecule has 0 bridgehead atoms. The molecule has 4 nitrogen and oxygen atoms in total. The van der Waals surface area contributed by atoms with Crippen LogP contribution in [0, 0.1) is 5.92 Å². The van der Waals surface area contributed by atoms with E-state index in [1.807, 2.05) is 0 Å². The number of allylic oxidation sites excluding steroid dienone is 6. The van der Waals surface area contributed by atoms with Crippen LogP contribution in [0.25, 0.3) is 38.5 Å². The molecule has 0 radical (unpaired) electrons. The van der Waals surface area contributed by atoms with Gasteiger partial charge >= 0.3 is 0 Å². The van der Waals surface area contributed by atoms with Crippen molar-refractivity contribution in [1.29, 1.82) is 0 Å². The summed E-state index contributed by atoms with van der Waals surface area (Å²) in [5, 5.41) is 4.95. The SMILES string of the molecule is C1=CC2CC=C(c3nc(-c4ccc5ccccc5c4)nc(C4CC(c5ccc6ccccc6c5)CC5Oc6ccccc6C54)n3)C=C2CC1. The lowest BCUT2D eigenvalue weighted by molar-refractivity contribution is 0.135. The molecule has 4 aliphatic rings. The first kappa shape index (κ1) is 28.6. The van der Waals surface area contributed by atoms with Crippen molar-refractivity contribution in [2.45, 2.75) is 56.0 Å². The number of rotatable bonds is 4. The van der Waals surface area contributed by atoms with Crippen molar-refractivity contribution < 1.29 is 4.74 Å². The second kappa shape index (κ2) is 11.7. The van der Waals surface area contributed by atoms with E-state index in [-0.39, 0.29) is 17.9 Å². The maximum absolute atomic E-state index is 6.77. The Kier molecular flexibility index (Phi) is 6.82. The van der Waals surface area contributed by atoms with Gasteiger partial charge in [-0.05, 0) is 77.3 Å². The van der Waals surface area contributed by atoms with Gasteiger partial charge in [0.05, 0.1) is 0 Å². The van der Waals surface area contributed by atoms with Gasteiger partial charge in [0.15, 0.2) is 11.6 Å².